The SMILES string of the molecule is COC(=O)c1nc(C)c2nc(-c3ccc(OC)cc3)ccc2c1O. The van der Waals surface area contributed by atoms with E-state index in [1.54, 1.807) is 26.2 Å². The van der Waals surface area contributed by atoms with Crippen molar-refractivity contribution in [1.82, 2.24) is 9.97 Å². The number of esters is 1. The molecule has 0 unspecified atom stereocenters. The monoisotopic (exact) mass is 324 g/mol. The van der Waals surface area contributed by atoms with E-state index in [1.807, 2.05) is 24.3 Å². The zero-order valence-corrected chi connectivity index (χ0v) is 13.5. The molecule has 0 atom stereocenters. The first-order chi connectivity index (χ1) is 11.5. The van der Waals surface area contributed by atoms with Crippen LogP contribution in [0.5, 0.6) is 11.5 Å². The van der Waals surface area contributed by atoms with Crippen LogP contribution < -0.4 is 4.74 Å². The van der Waals surface area contributed by atoms with Crippen molar-refractivity contribution in [2.75, 3.05) is 14.2 Å². The molecular formula is C18H16N2O4. The number of aromatic nitrogens is 2. The number of benzene rings is 1. The van der Waals surface area contributed by atoms with Crippen molar-refractivity contribution in [2.24, 2.45) is 0 Å². The Morgan fingerprint density at radius 3 is 2.38 bits per heavy atom. The predicted molar refractivity (Wildman–Crippen MR) is 89.3 cm³/mol. The van der Waals surface area contributed by atoms with Crippen LogP contribution in [0.25, 0.3) is 22.2 Å². The molecular weight excluding hydrogens is 308 g/mol. The van der Waals surface area contributed by atoms with Crippen LogP contribution in [0.2, 0.25) is 0 Å². The fraction of sp³-hybridized carbons (Fsp3) is 0.167. The Morgan fingerprint density at radius 2 is 1.75 bits per heavy atom. The molecule has 1 N–H and O–H groups in total. The van der Waals surface area contributed by atoms with Crippen LogP contribution in [0.4, 0.5) is 0 Å². The van der Waals surface area contributed by atoms with Gasteiger partial charge in [0.2, 0.25) is 0 Å². The van der Waals surface area contributed by atoms with Crippen LogP contribution in [-0.4, -0.2) is 35.3 Å². The van der Waals surface area contributed by atoms with Gasteiger partial charge >= 0.3 is 5.97 Å². The highest BCUT2D eigenvalue weighted by Crippen LogP contribution is 2.31. The third-order valence-corrected chi connectivity index (χ3v) is 3.76. The molecule has 0 saturated heterocycles. The maximum Gasteiger partial charge on any atom is 0.360 e. The molecule has 2 aromatic heterocycles. The zero-order valence-electron chi connectivity index (χ0n) is 13.5. The third kappa shape index (κ3) is 2.62. The molecule has 122 valence electrons. The van der Waals surface area contributed by atoms with Gasteiger partial charge in [-0.2, -0.15) is 0 Å². The minimum atomic E-state index is -0.684. The fourth-order valence-electron chi connectivity index (χ4n) is 2.49. The van der Waals surface area contributed by atoms with Gasteiger partial charge in [-0.3, -0.25) is 0 Å². The second-order valence-corrected chi connectivity index (χ2v) is 5.21. The van der Waals surface area contributed by atoms with Crippen LogP contribution in [-0.2, 0) is 4.74 Å². The van der Waals surface area contributed by atoms with Gasteiger partial charge in [-0.15, -0.1) is 0 Å². The zero-order chi connectivity index (χ0) is 17.3. The standard InChI is InChI=1S/C18H16N2O4/c1-10-15-13(17(21)16(19-10)18(22)24-3)8-9-14(20-15)11-4-6-12(23-2)7-5-11/h4-9,21H,1-3H3. The van der Waals surface area contributed by atoms with Crippen molar-refractivity contribution < 1.29 is 19.4 Å². The Balaban J connectivity index is 2.14. The summed E-state index contributed by atoms with van der Waals surface area (Å²) in [4.78, 5) is 20.4. The van der Waals surface area contributed by atoms with E-state index in [2.05, 4.69) is 14.7 Å². The van der Waals surface area contributed by atoms with E-state index in [1.165, 1.54) is 7.11 Å². The molecule has 2 heterocycles. The molecule has 0 fully saturated rings. The van der Waals surface area contributed by atoms with E-state index in [4.69, 9.17) is 4.74 Å². The van der Waals surface area contributed by atoms with Crippen molar-refractivity contribution in [2.45, 2.75) is 6.92 Å². The number of nitrogens with zero attached hydrogens (tertiary/aromatic N) is 2. The van der Waals surface area contributed by atoms with Crippen LogP contribution in [0.15, 0.2) is 36.4 Å². The molecule has 0 bridgehead atoms. The molecule has 6 nitrogen and oxygen atoms in total. The predicted octanol–water partition coefficient (Wildman–Crippen LogP) is 3.11. The normalized spacial score (nSPS) is 10.6. The van der Waals surface area contributed by atoms with Gasteiger partial charge in [0.25, 0.3) is 0 Å². The highest BCUT2D eigenvalue weighted by molar-refractivity contribution is 5.99. The van der Waals surface area contributed by atoms with Crippen LogP contribution >= 0.6 is 0 Å². The lowest BCUT2D eigenvalue weighted by Gasteiger charge is -2.10. The molecule has 3 rings (SSSR count). The van der Waals surface area contributed by atoms with Gasteiger partial charge in [-0.25, -0.2) is 14.8 Å². The number of aromatic hydroxyl groups is 1. The number of rotatable bonds is 3. The second kappa shape index (κ2) is 6.16. The molecule has 1 aromatic carbocycles. The fourth-order valence-corrected chi connectivity index (χ4v) is 2.49. The Hall–Kier alpha value is -3.15. The number of fused-ring (bicyclic) bond motifs is 1. The molecule has 0 aliphatic heterocycles. The molecule has 0 amide bonds. The van der Waals surface area contributed by atoms with Crippen molar-refractivity contribution in [1.29, 1.82) is 0 Å². The van der Waals surface area contributed by atoms with E-state index in [9.17, 15) is 9.90 Å². The summed E-state index contributed by atoms with van der Waals surface area (Å²) in [5, 5.41) is 10.7. The number of methoxy groups -OCH3 is 2. The summed E-state index contributed by atoms with van der Waals surface area (Å²) in [6, 6.07) is 11.0. The lowest BCUT2D eigenvalue weighted by atomic mass is 10.1. The Kier molecular flexibility index (Phi) is 4.04. The van der Waals surface area contributed by atoms with Gasteiger partial charge < -0.3 is 14.6 Å². The van der Waals surface area contributed by atoms with Crippen molar-refractivity contribution in [3.05, 3.63) is 47.8 Å². The summed E-state index contributed by atoms with van der Waals surface area (Å²) in [5.41, 5.74) is 2.61. The summed E-state index contributed by atoms with van der Waals surface area (Å²) < 4.78 is 9.79. The first kappa shape index (κ1) is 15.7. The quantitative estimate of drug-likeness (QED) is 0.746. The lowest BCUT2D eigenvalue weighted by Crippen LogP contribution is -2.07. The minimum Gasteiger partial charge on any atom is -0.505 e. The molecule has 0 radical (unpaired) electrons. The van der Waals surface area contributed by atoms with Gasteiger partial charge in [0.15, 0.2) is 11.4 Å². The molecule has 0 saturated carbocycles. The molecule has 24 heavy (non-hydrogen) atoms. The number of ether oxygens (including phenoxy) is 2. The molecule has 0 aliphatic rings. The van der Waals surface area contributed by atoms with E-state index < -0.39 is 5.97 Å². The summed E-state index contributed by atoms with van der Waals surface area (Å²) in [7, 11) is 2.86. The summed E-state index contributed by atoms with van der Waals surface area (Å²) in [6.07, 6.45) is 0. The van der Waals surface area contributed by atoms with E-state index in [0.29, 0.717) is 16.6 Å². The maximum atomic E-state index is 11.7. The summed E-state index contributed by atoms with van der Waals surface area (Å²) >= 11 is 0. The summed E-state index contributed by atoms with van der Waals surface area (Å²) in [6.45, 7) is 1.74. The van der Waals surface area contributed by atoms with Gasteiger partial charge in [0, 0.05) is 10.9 Å². The molecule has 0 spiro atoms. The third-order valence-electron chi connectivity index (χ3n) is 3.76. The number of hydrogen-bond donors (Lipinski definition) is 1. The molecule has 3 aromatic rings. The number of carbonyl (C=O) groups excluding carboxylic acids is 1. The number of hydrogen-bond acceptors (Lipinski definition) is 6. The van der Waals surface area contributed by atoms with E-state index >= 15 is 0 Å². The van der Waals surface area contributed by atoms with Crippen molar-refractivity contribution in [3.63, 3.8) is 0 Å². The Bertz CT molecular complexity index is 920. The number of aryl methyl sites for hydroxylation is 1. The molecule has 0 aliphatic carbocycles. The Morgan fingerprint density at radius 1 is 1.04 bits per heavy atom. The minimum absolute atomic E-state index is 0.110. The second-order valence-electron chi connectivity index (χ2n) is 5.21. The van der Waals surface area contributed by atoms with E-state index in [-0.39, 0.29) is 11.4 Å². The highest BCUT2D eigenvalue weighted by atomic mass is 16.5. The van der Waals surface area contributed by atoms with Gasteiger partial charge in [-0.05, 0) is 43.3 Å². The lowest BCUT2D eigenvalue weighted by molar-refractivity contribution is 0.0590. The van der Waals surface area contributed by atoms with Gasteiger partial charge in [0.1, 0.15) is 5.75 Å². The average molecular weight is 324 g/mol. The average Bonchev–Trinajstić information content (AvgIpc) is 2.63. The maximum absolute atomic E-state index is 11.7. The van der Waals surface area contributed by atoms with Crippen LogP contribution in [0, 0.1) is 6.92 Å². The number of carbonyl (C=O) groups is 1. The first-order valence-electron chi connectivity index (χ1n) is 7.28. The smallest absolute Gasteiger partial charge is 0.360 e. The van der Waals surface area contributed by atoms with Crippen molar-refractivity contribution >= 4 is 16.9 Å². The Labute approximate surface area is 138 Å². The topological polar surface area (TPSA) is 81.5 Å². The summed E-state index contributed by atoms with van der Waals surface area (Å²) in [5.74, 6) is -0.147. The number of pyridine rings is 2. The van der Waals surface area contributed by atoms with Crippen molar-refractivity contribution in [3.8, 4) is 22.8 Å². The first-order valence-corrected chi connectivity index (χ1v) is 7.28. The largest absolute Gasteiger partial charge is 0.505 e. The van der Waals surface area contributed by atoms with Crippen LogP contribution in [0.1, 0.15) is 16.2 Å². The van der Waals surface area contributed by atoms with Gasteiger partial charge in [-0.1, -0.05) is 0 Å². The highest BCUT2D eigenvalue weighted by Gasteiger charge is 2.19. The van der Waals surface area contributed by atoms with Crippen LogP contribution in [0.3, 0.4) is 0 Å². The van der Waals surface area contributed by atoms with Gasteiger partial charge in [0.05, 0.1) is 31.1 Å². The molecule has 6 heteroatoms. The van der Waals surface area contributed by atoms with E-state index in [0.717, 1.165) is 17.0 Å².